The number of esters is 1. The van der Waals surface area contributed by atoms with Crippen molar-refractivity contribution in [2.24, 2.45) is 0 Å². The first-order valence-electron chi connectivity index (χ1n) is 5.49. The first-order valence-corrected chi connectivity index (χ1v) is 5.49. The molecule has 0 spiro atoms. The summed E-state index contributed by atoms with van der Waals surface area (Å²) in [5.41, 5.74) is 0.469. The van der Waals surface area contributed by atoms with Gasteiger partial charge in [-0.25, -0.2) is 4.79 Å². The van der Waals surface area contributed by atoms with E-state index in [0.717, 1.165) is 19.4 Å². The summed E-state index contributed by atoms with van der Waals surface area (Å²) in [6, 6.07) is 3.38. The molecule has 0 radical (unpaired) electrons. The molecule has 0 N–H and O–H groups in total. The Bertz CT molecular complexity index is 306. The van der Waals surface area contributed by atoms with Crippen molar-refractivity contribution < 1.29 is 14.3 Å². The Balaban J connectivity index is 0.00000256. The van der Waals surface area contributed by atoms with Crippen LogP contribution < -0.4 is 0 Å². The highest BCUT2D eigenvalue weighted by molar-refractivity contribution is 5.88. The van der Waals surface area contributed by atoms with Crippen LogP contribution in [0.5, 0.6) is 0 Å². The van der Waals surface area contributed by atoms with Crippen LogP contribution in [0.3, 0.4) is 0 Å². The van der Waals surface area contributed by atoms with Crippen molar-refractivity contribution in [3.63, 3.8) is 0 Å². The largest absolute Gasteiger partial charge is 0.460 e. The minimum atomic E-state index is -0.354. The number of unbranched alkanes of at least 4 members (excludes halogenated alkanes) is 1. The Morgan fingerprint density at radius 2 is 2.18 bits per heavy atom. The van der Waals surface area contributed by atoms with Crippen LogP contribution in [0.25, 0.3) is 0 Å². The van der Waals surface area contributed by atoms with Crippen molar-refractivity contribution in [1.82, 2.24) is 4.98 Å². The Kier molecular flexibility index (Phi) is 9.38. The summed E-state index contributed by atoms with van der Waals surface area (Å²) in [5.74, 6) is -0.354. The van der Waals surface area contributed by atoms with Crippen molar-refractivity contribution in [3.05, 3.63) is 30.1 Å². The van der Waals surface area contributed by atoms with Crippen LogP contribution in [-0.4, -0.2) is 30.8 Å². The van der Waals surface area contributed by atoms with Gasteiger partial charge in [-0.3, -0.25) is 4.98 Å². The van der Waals surface area contributed by atoms with Crippen LogP contribution in [-0.2, 0) is 9.47 Å². The van der Waals surface area contributed by atoms with Gasteiger partial charge in [0.2, 0.25) is 0 Å². The Labute approximate surface area is 108 Å². The predicted molar refractivity (Wildman–Crippen MR) is 67.5 cm³/mol. The normalized spacial score (nSPS) is 9.47. The van der Waals surface area contributed by atoms with Gasteiger partial charge in [0.05, 0.1) is 12.2 Å². The molecule has 0 bridgehead atoms. The number of ether oxygens (including phenoxy) is 2. The number of halogens is 1. The van der Waals surface area contributed by atoms with Gasteiger partial charge in [0.1, 0.15) is 6.61 Å². The fraction of sp³-hybridized carbons (Fsp3) is 0.500. The van der Waals surface area contributed by atoms with E-state index < -0.39 is 0 Å². The molecule has 0 aliphatic carbocycles. The van der Waals surface area contributed by atoms with Crippen molar-refractivity contribution in [2.45, 2.75) is 19.8 Å². The van der Waals surface area contributed by atoms with Crippen molar-refractivity contribution in [2.75, 3.05) is 19.8 Å². The van der Waals surface area contributed by atoms with Crippen LogP contribution in [0.2, 0.25) is 0 Å². The van der Waals surface area contributed by atoms with Crippen molar-refractivity contribution in [3.8, 4) is 0 Å². The lowest BCUT2D eigenvalue weighted by Crippen LogP contribution is -2.11. The molecule has 0 saturated carbocycles. The van der Waals surface area contributed by atoms with Gasteiger partial charge < -0.3 is 9.47 Å². The minimum Gasteiger partial charge on any atom is -0.460 e. The highest BCUT2D eigenvalue weighted by Gasteiger charge is 2.05. The number of carbonyl (C=O) groups excluding carboxylic acids is 1. The molecule has 0 aliphatic heterocycles. The number of nitrogens with zero attached hydrogens (tertiary/aromatic N) is 1. The zero-order valence-electron chi connectivity index (χ0n) is 9.93. The molecule has 0 fully saturated rings. The average Bonchev–Trinajstić information content (AvgIpc) is 2.34. The third-order valence-electron chi connectivity index (χ3n) is 2.00. The van der Waals surface area contributed by atoms with E-state index in [0.29, 0.717) is 12.2 Å². The first-order chi connectivity index (χ1) is 7.84. The molecule has 1 aromatic heterocycles. The molecule has 0 saturated heterocycles. The van der Waals surface area contributed by atoms with Crippen LogP contribution in [0.1, 0.15) is 30.1 Å². The highest BCUT2D eigenvalue weighted by atomic mass is 35.5. The van der Waals surface area contributed by atoms with Crippen molar-refractivity contribution >= 4 is 18.4 Å². The Morgan fingerprint density at radius 1 is 1.35 bits per heavy atom. The fourth-order valence-electron chi connectivity index (χ4n) is 1.11. The standard InChI is InChI=1S/C12H17NO3.ClH/c1-2-3-7-15-8-9-16-12(14)11-5-4-6-13-10-11;/h4-6,10H,2-3,7-9H2,1H3;1H. The molecule has 0 aromatic carbocycles. The van der Waals surface area contributed by atoms with Gasteiger partial charge in [0, 0.05) is 19.0 Å². The number of aromatic nitrogens is 1. The molecular weight excluding hydrogens is 242 g/mol. The molecule has 0 aliphatic rings. The summed E-state index contributed by atoms with van der Waals surface area (Å²) in [5, 5.41) is 0. The molecule has 1 heterocycles. The van der Waals surface area contributed by atoms with Crippen LogP contribution >= 0.6 is 12.4 Å². The number of hydrogen-bond acceptors (Lipinski definition) is 4. The molecule has 0 unspecified atom stereocenters. The molecule has 17 heavy (non-hydrogen) atoms. The van der Waals surface area contributed by atoms with E-state index in [-0.39, 0.29) is 25.0 Å². The lowest BCUT2D eigenvalue weighted by molar-refractivity contribution is 0.0313. The quantitative estimate of drug-likeness (QED) is 0.558. The molecule has 0 amide bonds. The second-order valence-corrected chi connectivity index (χ2v) is 3.34. The van der Waals surface area contributed by atoms with E-state index in [4.69, 9.17) is 9.47 Å². The summed E-state index contributed by atoms with van der Waals surface area (Å²) in [6.45, 7) is 3.57. The molecule has 0 atom stereocenters. The van der Waals surface area contributed by atoms with Gasteiger partial charge in [0.15, 0.2) is 0 Å². The number of pyridine rings is 1. The van der Waals surface area contributed by atoms with E-state index in [9.17, 15) is 4.79 Å². The maximum absolute atomic E-state index is 11.4. The molecule has 1 rings (SSSR count). The van der Waals surface area contributed by atoms with E-state index >= 15 is 0 Å². The zero-order chi connectivity index (χ0) is 11.6. The monoisotopic (exact) mass is 259 g/mol. The molecule has 1 aromatic rings. The molecule has 5 heteroatoms. The maximum atomic E-state index is 11.4. The van der Waals surface area contributed by atoms with E-state index in [1.165, 1.54) is 6.20 Å². The number of rotatable bonds is 7. The Hall–Kier alpha value is -1.13. The second kappa shape index (κ2) is 10.1. The van der Waals surface area contributed by atoms with Crippen LogP contribution in [0, 0.1) is 0 Å². The summed E-state index contributed by atoms with van der Waals surface area (Å²) >= 11 is 0. The van der Waals surface area contributed by atoms with Crippen LogP contribution in [0.15, 0.2) is 24.5 Å². The number of carbonyl (C=O) groups is 1. The molecule has 4 nitrogen and oxygen atoms in total. The summed E-state index contributed by atoms with van der Waals surface area (Å²) in [6.07, 6.45) is 5.25. The topological polar surface area (TPSA) is 48.4 Å². The average molecular weight is 260 g/mol. The number of hydrogen-bond donors (Lipinski definition) is 0. The smallest absolute Gasteiger partial charge is 0.339 e. The SMILES string of the molecule is CCCCOCCOC(=O)c1cccnc1.Cl. The van der Waals surface area contributed by atoms with Gasteiger partial charge >= 0.3 is 5.97 Å². The summed E-state index contributed by atoms with van der Waals surface area (Å²) in [4.78, 5) is 15.3. The summed E-state index contributed by atoms with van der Waals surface area (Å²) in [7, 11) is 0. The van der Waals surface area contributed by atoms with Gasteiger partial charge in [-0.1, -0.05) is 13.3 Å². The third kappa shape index (κ3) is 6.92. The zero-order valence-corrected chi connectivity index (χ0v) is 10.7. The van der Waals surface area contributed by atoms with Gasteiger partial charge in [-0.05, 0) is 18.6 Å². The minimum absolute atomic E-state index is 0. The predicted octanol–water partition coefficient (Wildman–Crippen LogP) is 2.48. The highest BCUT2D eigenvalue weighted by Crippen LogP contribution is 1.98. The summed E-state index contributed by atoms with van der Waals surface area (Å²) < 4.78 is 10.3. The lowest BCUT2D eigenvalue weighted by atomic mass is 10.3. The Morgan fingerprint density at radius 3 is 2.82 bits per heavy atom. The first kappa shape index (κ1) is 15.9. The maximum Gasteiger partial charge on any atom is 0.339 e. The van der Waals surface area contributed by atoms with Crippen LogP contribution in [0.4, 0.5) is 0 Å². The second-order valence-electron chi connectivity index (χ2n) is 3.34. The van der Waals surface area contributed by atoms with Crippen molar-refractivity contribution in [1.29, 1.82) is 0 Å². The van der Waals surface area contributed by atoms with Gasteiger partial charge in [0.25, 0.3) is 0 Å². The van der Waals surface area contributed by atoms with E-state index in [2.05, 4.69) is 11.9 Å². The molecule has 96 valence electrons. The van der Waals surface area contributed by atoms with E-state index in [1.807, 2.05) is 0 Å². The van der Waals surface area contributed by atoms with Gasteiger partial charge in [-0.15, -0.1) is 12.4 Å². The fourth-order valence-corrected chi connectivity index (χ4v) is 1.11. The lowest BCUT2D eigenvalue weighted by Gasteiger charge is -2.05. The van der Waals surface area contributed by atoms with Gasteiger partial charge in [-0.2, -0.15) is 0 Å². The molecular formula is C12H18ClNO3. The van der Waals surface area contributed by atoms with E-state index in [1.54, 1.807) is 18.3 Å². The third-order valence-corrected chi connectivity index (χ3v) is 2.00.